The lowest BCUT2D eigenvalue weighted by Gasteiger charge is -2.31. The number of benzene rings is 2. The first-order valence-corrected chi connectivity index (χ1v) is 9.03. The first kappa shape index (κ1) is 17.6. The number of anilines is 1. The van der Waals surface area contributed by atoms with Crippen LogP contribution >= 0.6 is 11.6 Å². The molecule has 0 radical (unpaired) electrons. The van der Waals surface area contributed by atoms with Crippen LogP contribution in [-0.2, 0) is 0 Å². The SMILES string of the molecule is COc1ccccc1NC(=O)N1CCCCC[C@@H]1c1ccc(Cl)cc1. The van der Waals surface area contributed by atoms with Gasteiger partial charge in [-0.05, 0) is 42.7 Å². The summed E-state index contributed by atoms with van der Waals surface area (Å²) < 4.78 is 5.33. The second kappa shape index (κ2) is 8.26. The van der Waals surface area contributed by atoms with E-state index in [0.29, 0.717) is 16.5 Å². The molecular formula is C20H23ClN2O2. The molecule has 3 rings (SSSR count). The van der Waals surface area contributed by atoms with Crippen LogP contribution in [0.3, 0.4) is 0 Å². The summed E-state index contributed by atoms with van der Waals surface area (Å²) in [6.45, 7) is 0.744. The molecule has 0 bridgehead atoms. The van der Waals surface area contributed by atoms with Crippen LogP contribution in [0.2, 0.25) is 5.02 Å². The number of urea groups is 1. The van der Waals surface area contributed by atoms with Gasteiger partial charge in [0.15, 0.2) is 0 Å². The van der Waals surface area contributed by atoms with Gasteiger partial charge in [0.1, 0.15) is 5.75 Å². The predicted octanol–water partition coefficient (Wildman–Crippen LogP) is 5.50. The summed E-state index contributed by atoms with van der Waals surface area (Å²) in [6.07, 6.45) is 4.23. The third-order valence-electron chi connectivity index (χ3n) is 4.62. The van der Waals surface area contributed by atoms with Crippen LogP contribution in [0, 0.1) is 0 Å². The fourth-order valence-electron chi connectivity index (χ4n) is 3.32. The monoisotopic (exact) mass is 358 g/mol. The highest BCUT2D eigenvalue weighted by molar-refractivity contribution is 6.30. The maximum atomic E-state index is 13.0. The third-order valence-corrected chi connectivity index (χ3v) is 4.87. The highest BCUT2D eigenvalue weighted by Gasteiger charge is 2.27. The van der Waals surface area contributed by atoms with Crippen molar-refractivity contribution in [3.05, 3.63) is 59.1 Å². The number of likely N-dealkylation sites (tertiary alicyclic amines) is 1. The van der Waals surface area contributed by atoms with Gasteiger partial charge in [-0.25, -0.2) is 4.79 Å². The first-order chi connectivity index (χ1) is 12.2. The Bertz CT molecular complexity index is 718. The van der Waals surface area contributed by atoms with Crippen molar-refractivity contribution in [2.24, 2.45) is 0 Å². The summed E-state index contributed by atoms with van der Waals surface area (Å²) in [5.74, 6) is 0.661. The van der Waals surface area contributed by atoms with Crippen LogP contribution in [-0.4, -0.2) is 24.6 Å². The Morgan fingerprint density at radius 3 is 2.64 bits per heavy atom. The van der Waals surface area contributed by atoms with E-state index in [1.54, 1.807) is 7.11 Å². The Morgan fingerprint density at radius 1 is 1.12 bits per heavy atom. The van der Waals surface area contributed by atoms with Gasteiger partial charge in [-0.1, -0.05) is 48.7 Å². The predicted molar refractivity (Wildman–Crippen MR) is 101 cm³/mol. The Morgan fingerprint density at radius 2 is 1.88 bits per heavy atom. The Balaban J connectivity index is 1.83. The summed E-state index contributed by atoms with van der Waals surface area (Å²) in [5.41, 5.74) is 1.82. The summed E-state index contributed by atoms with van der Waals surface area (Å²) >= 11 is 6.02. The molecule has 1 N–H and O–H groups in total. The minimum absolute atomic E-state index is 0.0643. The summed E-state index contributed by atoms with van der Waals surface area (Å²) in [7, 11) is 1.60. The number of carbonyl (C=O) groups excluding carboxylic acids is 1. The molecule has 25 heavy (non-hydrogen) atoms. The lowest BCUT2D eigenvalue weighted by molar-refractivity contribution is 0.189. The van der Waals surface area contributed by atoms with Gasteiger partial charge in [-0.3, -0.25) is 0 Å². The summed E-state index contributed by atoms with van der Waals surface area (Å²) in [4.78, 5) is 14.9. The van der Waals surface area contributed by atoms with Crippen LogP contribution in [0.15, 0.2) is 48.5 Å². The second-order valence-corrected chi connectivity index (χ2v) is 6.68. The van der Waals surface area contributed by atoms with E-state index in [4.69, 9.17) is 16.3 Å². The molecule has 2 aromatic rings. The van der Waals surface area contributed by atoms with Crippen molar-refractivity contribution < 1.29 is 9.53 Å². The van der Waals surface area contributed by atoms with Gasteiger partial charge in [0.05, 0.1) is 18.8 Å². The van der Waals surface area contributed by atoms with Gasteiger partial charge >= 0.3 is 6.03 Å². The average molecular weight is 359 g/mol. The van der Waals surface area contributed by atoms with Gasteiger partial charge in [-0.15, -0.1) is 0 Å². The molecule has 0 aromatic heterocycles. The smallest absolute Gasteiger partial charge is 0.322 e. The fourth-order valence-corrected chi connectivity index (χ4v) is 3.44. The van der Waals surface area contributed by atoms with Crippen molar-refractivity contribution in [1.29, 1.82) is 0 Å². The standard InChI is InChI=1S/C20H23ClN2O2/c1-25-19-9-5-4-7-17(19)22-20(24)23-14-6-2-3-8-18(23)15-10-12-16(21)13-11-15/h4-5,7,9-13,18H,2-3,6,8,14H2,1H3,(H,22,24)/t18-/m1/s1. The molecule has 1 heterocycles. The normalized spacial score (nSPS) is 17.7. The Hall–Kier alpha value is -2.20. The molecule has 1 aliphatic rings. The van der Waals surface area contributed by atoms with Crippen molar-refractivity contribution in [3.63, 3.8) is 0 Å². The molecule has 1 fully saturated rings. The number of amides is 2. The number of hydrogen-bond acceptors (Lipinski definition) is 2. The Kier molecular flexibility index (Phi) is 5.82. The number of carbonyl (C=O) groups is 1. The zero-order chi connectivity index (χ0) is 17.6. The zero-order valence-corrected chi connectivity index (χ0v) is 15.1. The van der Waals surface area contributed by atoms with Crippen LogP contribution < -0.4 is 10.1 Å². The van der Waals surface area contributed by atoms with Crippen molar-refractivity contribution in [2.45, 2.75) is 31.7 Å². The Labute approximate surface area is 153 Å². The number of halogens is 1. The van der Waals surface area contributed by atoms with E-state index in [-0.39, 0.29) is 12.1 Å². The molecule has 1 atom stereocenters. The fraction of sp³-hybridized carbons (Fsp3) is 0.350. The van der Waals surface area contributed by atoms with E-state index in [1.165, 1.54) is 0 Å². The highest BCUT2D eigenvalue weighted by atomic mass is 35.5. The summed E-state index contributed by atoms with van der Waals surface area (Å²) in [6, 6.07) is 15.2. The number of rotatable bonds is 3. The molecule has 132 valence electrons. The van der Waals surface area contributed by atoms with E-state index in [1.807, 2.05) is 53.4 Å². The molecule has 5 heteroatoms. The number of methoxy groups -OCH3 is 1. The molecule has 0 spiro atoms. The molecule has 1 saturated heterocycles. The summed E-state index contributed by atoms with van der Waals surface area (Å²) in [5, 5.41) is 3.72. The molecule has 0 saturated carbocycles. The number of para-hydroxylation sites is 2. The maximum Gasteiger partial charge on any atom is 0.322 e. The minimum Gasteiger partial charge on any atom is -0.495 e. The molecule has 4 nitrogen and oxygen atoms in total. The first-order valence-electron chi connectivity index (χ1n) is 8.65. The van der Waals surface area contributed by atoms with Crippen LogP contribution in [0.4, 0.5) is 10.5 Å². The van der Waals surface area contributed by atoms with Gasteiger partial charge in [-0.2, -0.15) is 0 Å². The van der Waals surface area contributed by atoms with Crippen molar-refractivity contribution in [2.75, 3.05) is 19.0 Å². The quantitative estimate of drug-likeness (QED) is 0.787. The number of nitrogens with one attached hydrogen (secondary N) is 1. The van der Waals surface area contributed by atoms with Crippen LogP contribution in [0.1, 0.15) is 37.3 Å². The second-order valence-electron chi connectivity index (χ2n) is 6.24. The van der Waals surface area contributed by atoms with E-state index < -0.39 is 0 Å². The average Bonchev–Trinajstić information content (AvgIpc) is 2.89. The third kappa shape index (κ3) is 4.26. The van der Waals surface area contributed by atoms with Crippen molar-refractivity contribution in [1.82, 2.24) is 4.90 Å². The molecule has 2 amide bonds. The maximum absolute atomic E-state index is 13.0. The van der Waals surface area contributed by atoms with Gasteiger partial charge in [0, 0.05) is 11.6 Å². The molecule has 2 aromatic carbocycles. The van der Waals surface area contributed by atoms with E-state index in [0.717, 1.165) is 37.8 Å². The van der Waals surface area contributed by atoms with Crippen molar-refractivity contribution >= 4 is 23.3 Å². The zero-order valence-electron chi connectivity index (χ0n) is 14.4. The van der Waals surface area contributed by atoms with E-state index in [2.05, 4.69) is 5.32 Å². The van der Waals surface area contributed by atoms with Crippen LogP contribution in [0.25, 0.3) is 0 Å². The minimum atomic E-state index is -0.0913. The largest absolute Gasteiger partial charge is 0.495 e. The molecule has 0 unspecified atom stereocenters. The molecule has 0 aliphatic carbocycles. The van der Waals surface area contributed by atoms with E-state index in [9.17, 15) is 4.79 Å². The molecular weight excluding hydrogens is 336 g/mol. The van der Waals surface area contributed by atoms with Gasteiger partial charge < -0.3 is 15.0 Å². The molecule has 1 aliphatic heterocycles. The number of hydrogen-bond donors (Lipinski definition) is 1. The number of nitrogens with zero attached hydrogens (tertiary/aromatic N) is 1. The lowest BCUT2D eigenvalue weighted by atomic mass is 10.0. The highest BCUT2D eigenvalue weighted by Crippen LogP contribution is 2.32. The van der Waals surface area contributed by atoms with Crippen LogP contribution in [0.5, 0.6) is 5.75 Å². The number of ether oxygens (including phenoxy) is 1. The van der Waals surface area contributed by atoms with Gasteiger partial charge in [0.2, 0.25) is 0 Å². The topological polar surface area (TPSA) is 41.6 Å². The van der Waals surface area contributed by atoms with E-state index >= 15 is 0 Å². The van der Waals surface area contributed by atoms with Crippen molar-refractivity contribution in [3.8, 4) is 5.75 Å². The van der Waals surface area contributed by atoms with Gasteiger partial charge in [0.25, 0.3) is 0 Å². The lowest BCUT2D eigenvalue weighted by Crippen LogP contribution is -2.38.